The Bertz CT molecular complexity index is 154. The number of hydrogen-bond acceptors (Lipinski definition) is 2. The van der Waals surface area contributed by atoms with Crippen molar-refractivity contribution in [2.24, 2.45) is 10.7 Å². The van der Waals surface area contributed by atoms with Gasteiger partial charge in [-0.1, -0.05) is 20.8 Å². The molecule has 13 heavy (non-hydrogen) atoms. The van der Waals surface area contributed by atoms with E-state index in [9.17, 15) is 0 Å². The molecule has 2 nitrogen and oxygen atoms in total. The van der Waals surface area contributed by atoms with Crippen LogP contribution in [0.4, 0.5) is 0 Å². The Hall–Kier alpha value is -0.180. The minimum atomic E-state index is 0.305. The van der Waals surface area contributed by atoms with Crippen LogP contribution in [0.15, 0.2) is 4.99 Å². The lowest BCUT2D eigenvalue weighted by atomic mass is 10.0. The van der Waals surface area contributed by atoms with Gasteiger partial charge in [0, 0.05) is 11.2 Å². The maximum Gasteiger partial charge on any atom is 0.0934 e. The lowest BCUT2D eigenvalue weighted by molar-refractivity contribution is 0.560. The number of thioether (sulfide) groups is 1. The van der Waals surface area contributed by atoms with Crippen molar-refractivity contribution in [3.63, 3.8) is 0 Å². The van der Waals surface area contributed by atoms with Crippen molar-refractivity contribution in [3.8, 4) is 0 Å². The number of amidine groups is 1. The van der Waals surface area contributed by atoms with Gasteiger partial charge in [0.25, 0.3) is 0 Å². The molecule has 0 atom stereocenters. The summed E-state index contributed by atoms with van der Waals surface area (Å²) in [6.07, 6.45) is 5.33. The standard InChI is InChI=1S/C10H22N2S/c1-5-9(11)12-8-10(6-2,7-3)13-4/h5-8H2,1-4H3,(H2,11,12). The van der Waals surface area contributed by atoms with Crippen LogP contribution < -0.4 is 5.73 Å². The zero-order chi connectivity index (χ0) is 10.3. The van der Waals surface area contributed by atoms with E-state index in [2.05, 4.69) is 25.1 Å². The number of hydrogen-bond donors (Lipinski definition) is 1. The highest BCUT2D eigenvalue weighted by Crippen LogP contribution is 2.30. The predicted octanol–water partition coefficient (Wildman–Crippen LogP) is 2.68. The Morgan fingerprint density at radius 2 is 1.85 bits per heavy atom. The molecule has 0 saturated heterocycles. The first-order valence-corrected chi connectivity index (χ1v) is 6.20. The Kier molecular flexibility index (Phi) is 6.21. The van der Waals surface area contributed by atoms with Gasteiger partial charge < -0.3 is 5.73 Å². The van der Waals surface area contributed by atoms with E-state index in [1.807, 2.05) is 18.7 Å². The second-order valence-electron chi connectivity index (χ2n) is 3.26. The van der Waals surface area contributed by atoms with Crippen molar-refractivity contribution in [1.29, 1.82) is 0 Å². The minimum absolute atomic E-state index is 0.305. The third-order valence-electron chi connectivity index (χ3n) is 2.65. The van der Waals surface area contributed by atoms with Gasteiger partial charge in [-0.25, -0.2) is 0 Å². The molecule has 0 aromatic carbocycles. The van der Waals surface area contributed by atoms with Gasteiger partial charge in [-0.15, -0.1) is 0 Å². The zero-order valence-electron chi connectivity index (χ0n) is 9.26. The van der Waals surface area contributed by atoms with Gasteiger partial charge in [-0.2, -0.15) is 11.8 Å². The molecule has 0 rings (SSSR count). The van der Waals surface area contributed by atoms with Crippen LogP contribution in [-0.4, -0.2) is 23.4 Å². The molecule has 0 radical (unpaired) electrons. The molecule has 0 aliphatic rings. The van der Waals surface area contributed by atoms with Crippen LogP contribution in [0, 0.1) is 0 Å². The molecule has 0 heterocycles. The smallest absolute Gasteiger partial charge is 0.0934 e. The van der Waals surface area contributed by atoms with Crippen molar-refractivity contribution in [2.45, 2.75) is 44.8 Å². The summed E-state index contributed by atoms with van der Waals surface area (Å²) in [5.41, 5.74) is 5.68. The summed E-state index contributed by atoms with van der Waals surface area (Å²) >= 11 is 1.91. The molecule has 0 aliphatic heterocycles. The zero-order valence-corrected chi connectivity index (χ0v) is 10.1. The van der Waals surface area contributed by atoms with Crippen molar-refractivity contribution in [3.05, 3.63) is 0 Å². The normalized spacial score (nSPS) is 13.4. The molecule has 0 amide bonds. The van der Waals surface area contributed by atoms with Gasteiger partial charge in [-0.3, -0.25) is 4.99 Å². The van der Waals surface area contributed by atoms with E-state index < -0.39 is 0 Å². The molecular formula is C10H22N2S. The number of nitrogens with two attached hydrogens (primary N) is 1. The lowest BCUT2D eigenvalue weighted by Crippen LogP contribution is -2.28. The lowest BCUT2D eigenvalue weighted by Gasteiger charge is -2.27. The fourth-order valence-electron chi connectivity index (χ4n) is 1.18. The third-order valence-corrected chi connectivity index (χ3v) is 4.23. The largest absolute Gasteiger partial charge is 0.387 e. The van der Waals surface area contributed by atoms with E-state index in [0.717, 1.165) is 31.6 Å². The van der Waals surface area contributed by atoms with E-state index in [-0.39, 0.29) is 0 Å². The summed E-state index contributed by atoms with van der Waals surface area (Å²) in [5, 5.41) is 0. The van der Waals surface area contributed by atoms with E-state index in [4.69, 9.17) is 5.73 Å². The van der Waals surface area contributed by atoms with Gasteiger partial charge >= 0.3 is 0 Å². The molecule has 0 saturated carbocycles. The SMILES string of the molecule is CCC(N)=NCC(CC)(CC)SC. The van der Waals surface area contributed by atoms with Crippen LogP contribution in [0.3, 0.4) is 0 Å². The predicted molar refractivity (Wildman–Crippen MR) is 63.6 cm³/mol. The van der Waals surface area contributed by atoms with Gasteiger partial charge in [0.05, 0.1) is 12.4 Å². The molecule has 78 valence electrons. The summed E-state index contributed by atoms with van der Waals surface area (Å²) in [7, 11) is 0. The summed E-state index contributed by atoms with van der Waals surface area (Å²) in [4.78, 5) is 4.40. The highest BCUT2D eigenvalue weighted by molar-refractivity contribution is 8.00. The van der Waals surface area contributed by atoms with E-state index in [1.54, 1.807) is 0 Å². The van der Waals surface area contributed by atoms with Crippen molar-refractivity contribution in [1.82, 2.24) is 0 Å². The van der Waals surface area contributed by atoms with E-state index in [1.165, 1.54) is 0 Å². The van der Waals surface area contributed by atoms with Crippen molar-refractivity contribution < 1.29 is 0 Å². The van der Waals surface area contributed by atoms with E-state index >= 15 is 0 Å². The summed E-state index contributed by atoms with van der Waals surface area (Å²) < 4.78 is 0.305. The molecule has 0 unspecified atom stereocenters. The first kappa shape index (κ1) is 12.8. The highest BCUT2D eigenvalue weighted by atomic mass is 32.2. The molecule has 3 heteroatoms. The molecule has 2 N–H and O–H groups in total. The van der Waals surface area contributed by atoms with Crippen LogP contribution in [0.5, 0.6) is 0 Å². The Morgan fingerprint density at radius 3 is 2.15 bits per heavy atom. The van der Waals surface area contributed by atoms with Crippen LogP contribution in [0.2, 0.25) is 0 Å². The monoisotopic (exact) mass is 202 g/mol. The van der Waals surface area contributed by atoms with E-state index in [0.29, 0.717) is 4.75 Å². The molecule has 0 aromatic rings. The van der Waals surface area contributed by atoms with Crippen molar-refractivity contribution >= 4 is 17.6 Å². The Labute approximate surface area is 86.4 Å². The van der Waals surface area contributed by atoms with Crippen LogP contribution in [0.1, 0.15) is 40.0 Å². The number of nitrogens with zero attached hydrogens (tertiary/aromatic N) is 1. The maximum atomic E-state index is 5.68. The summed E-state index contributed by atoms with van der Waals surface area (Å²) in [5.74, 6) is 0.778. The topological polar surface area (TPSA) is 38.4 Å². The van der Waals surface area contributed by atoms with Crippen LogP contribution in [-0.2, 0) is 0 Å². The second kappa shape index (κ2) is 6.30. The van der Waals surface area contributed by atoms with Crippen LogP contribution >= 0.6 is 11.8 Å². The molecule has 0 aromatic heterocycles. The molecule has 0 fully saturated rings. The Morgan fingerprint density at radius 1 is 1.31 bits per heavy atom. The van der Waals surface area contributed by atoms with Gasteiger partial charge in [0.2, 0.25) is 0 Å². The molecule has 0 spiro atoms. The molecular weight excluding hydrogens is 180 g/mol. The fourth-order valence-corrected chi connectivity index (χ4v) is 1.96. The summed E-state index contributed by atoms with van der Waals surface area (Å²) in [6.45, 7) is 7.34. The van der Waals surface area contributed by atoms with Gasteiger partial charge in [-0.05, 0) is 19.1 Å². The van der Waals surface area contributed by atoms with Crippen molar-refractivity contribution in [2.75, 3.05) is 12.8 Å². The maximum absolute atomic E-state index is 5.68. The van der Waals surface area contributed by atoms with Gasteiger partial charge in [0.15, 0.2) is 0 Å². The number of rotatable bonds is 6. The summed E-state index contributed by atoms with van der Waals surface area (Å²) in [6, 6.07) is 0. The highest BCUT2D eigenvalue weighted by Gasteiger charge is 2.24. The average Bonchev–Trinajstić information content (AvgIpc) is 2.20. The number of aliphatic imine (C=N–C) groups is 1. The first-order valence-electron chi connectivity index (χ1n) is 4.98. The minimum Gasteiger partial charge on any atom is -0.387 e. The third kappa shape index (κ3) is 4.03. The Balaban J connectivity index is 4.25. The van der Waals surface area contributed by atoms with Gasteiger partial charge in [0.1, 0.15) is 0 Å². The molecule has 0 bridgehead atoms. The molecule has 0 aliphatic carbocycles. The quantitative estimate of drug-likeness (QED) is 0.531. The fraction of sp³-hybridized carbons (Fsp3) is 0.900. The first-order chi connectivity index (χ1) is 6.14. The van der Waals surface area contributed by atoms with Crippen LogP contribution in [0.25, 0.3) is 0 Å². The average molecular weight is 202 g/mol. The second-order valence-corrected chi connectivity index (χ2v) is 4.53.